The third-order valence-electron chi connectivity index (χ3n) is 5.22. The molecule has 0 bridgehead atoms. The Labute approximate surface area is 160 Å². The third kappa shape index (κ3) is 3.87. The summed E-state index contributed by atoms with van der Waals surface area (Å²) in [6.45, 7) is 10.2. The van der Waals surface area contributed by atoms with Gasteiger partial charge < -0.3 is 9.84 Å². The number of benzene rings is 1. The number of carbonyl (C=O) groups is 1. The lowest BCUT2D eigenvalue weighted by molar-refractivity contribution is 0.0937. The van der Waals surface area contributed by atoms with Crippen LogP contribution in [0.15, 0.2) is 34.9 Å². The summed E-state index contributed by atoms with van der Waals surface area (Å²) in [6.07, 6.45) is 1.92. The number of carbonyl (C=O) groups excluding carboxylic acids is 1. The lowest BCUT2D eigenvalue weighted by Crippen LogP contribution is -2.28. The van der Waals surface area contributed by atoms with Crippen molar-refractivity contribution in [1.82, 2.24) is 15.5 Å². The second-order valence-electron chi connectivity index (χ2n) is 7.17. The number of hydrogen-bond donors (Lipinski definition) is 1. The van der Waals surface area contributed by atoms with Crippen LogP contribution in [0.4, 0.5) is 0 Å². The Morgan fingerprint density at radius 2 is 1.78 bits per heavy atom. The lowest BCUT2D eigenvalue weighted by Gasteiger charge is -2.19. The molecule has 142 valence electrons. The molecule has 3 aromatic rings. The average molecular weight is 365 g/mol. The first-order valence-electron chi connectivity index (χ1n) is 9.58. The van der Waals surface area contributed by atoms with E-state index in [2.05, 4.69) is 60.5 Å². The first-order chi connectivity index (χ1) is 12.9. The average Bonchev–Trinajstić information content (AvgIpc) is 3.05. The molecule has 0 aliphatic heterocycles. The van der Waals surface area contributed by atoms with E-state index >= 15 is 0 Å². The summed E-state index contributed by atoms with van der Waals surface area (Å²) in [6, 6.07) is 10.3. The van der Waals surface area contributed by atoms with Crippen LogP contribution in [-0.4, -0.2) is 16.0 Å². The molecule has 3 rings (SSSR count). The van der Waals surface area contributed by atoms with Gasteiger partial charge in [0.1, 0.15) is 0 Å². The van der Waals surface area contributed by atoms with Crippen LogP contribution in [0.2, 0.25) is 0 Å². The number of pyridine rings is 1. The van der Waals surface area contributed by atoms with Crippen molar-refractivity contribution >= 4 is 17.0 Å². The maximum Gasteiger partial charge on any atom is 0.258 e. The maximum atomic E-state index is 13.0. The van der Waals surface area contributed by atoms with Crippen LogP contribution in [0.3, 0.4) is 0 Å². The molecule has 2 heterocycles. The molecule has 2 atom stereocenters. The van der Waals surface area contributed by atoms with Gasteiger partial charge in [-0.05, 0) is 49.8 Å². The fourth-order valence-electron chi connectivity index (χ4n) is 3.35. The fraction of sp³-hybridized carbons (Fsp3) is 0.409. The smallest absolute Gasteiger partial charge is 0.258 e. The van der Waals surface area contributed by atoms with E-state index in [1.54, 1.807) is 6.07 Å². The van der Waals surface area contributed by atoms with E-state index in [4.69, 9.17) is 4.52 Å². The van der Waals surface area contributed by atoms with Crippen molar-refractivity contribution in [2.24, 2.45) is 0 Å². The Bertz CT molecular complexity index is 944. The van der Waals surface area contributed by atoms with Gasteiger partial charge in [0, 0.05) is 5.69 Å². The third-order valence-corrected chi connectivity index (χ3v) is 5.22. The van der Waals surface area contributed by atoms with E-state index in [0.717, 1.165) is 24.1 Å². The number of fused-ring (bicyclic) bond motifs is 1. The Morgan fingerprint density at radius 1 is 1.11 bits per heavy atom. The fourth-order valence-corrected chi connectivity index (χ4v) is 3.35. The number of aryl methyl sites for hydroxylation is 2. The Hall–Kier alpha value is -2.69. The zero-order valence-corrected chi connectivity index (χ0v) is 16.7. The van der Waals surface area contributed by atoms with Gasteiger partial charge in [0.2, 0.25) is 0 Å². The highest BCUT2D eigenvalue weighted by molar-refractivity contribution is 6.06. The predicted molar refractivity (Wildman–Crippen MR) is 107 cm³/mol. The molecule has 1 amide bonds. The molecule has 2 aromatic heterocycles. The second-order valence-corrected chi connectivity index (χ2v) is 7.17. The van der Waals surface area contributed by atoms with E-state index in [1.165, 1.54) is 5.56 Å². The van der Waals surface area contributed by atoms with Gasteiger partial charge in [0.25, 0.3) is 11.6 Å². The van der Waals surface area contributed by atoms with Crippen molar-refractivity contribution in [2.45, 2.75) is 59.4 Å². The van der Waals surface area contributed by atoms with Gasteiger partial charge in [-0.2, -0.15) is 0 Å². The standard InChI is InChI=1S/C22H27N3O2/c1-6-13(3)16-8-10-17(11-9-16)19(7-2)24-21(26)18-12-14(4)23-22-20(18)15(5)25-27-22/h8-13,19H,6-7H2,1-5H3,(H,24,26). The van der Waals surface area contributed by atoms with Crippen LogP contribution >= 0.6 is 0 Å². The molecule has 0 saturated heterocycles. The van der Waals surface area contributed by atoms with E-state index in [0.29, 0.717) is 28.3 Å². The molecule has 2 unspecified atom stereocenters. The molecule has 0 aliphatic rings. The van der Waals surface area contributed by atoms with Gasteiger partial charge in [-0.1, -0.05) is 50.2 Å². The Morgan fingerprint density at radius 3 is 2.41 bits per heavy atom. The molecule has 27 heavy (non-hydrogen) atoms. The minimum absolute atomic E-state index is 0.0489. The van der Waals surface area contributed by atoms with Crippen molar-refractivity contribution in [3.8, 4) is 0 Å². The molecular weight excluding hydrogens is 338 g/mol. The van der Waals surface area contributed by atoms with Gasteiger partial charge in [0.15, 0.2) is 0 Å². The van der Waals surface area contributed by atoms with Crippen LogP contribution in [0.5, 0.6) is 0 Å². The molecular formula is C22H27N3O2. The van der Waals surface area contributed by atoms with Crippen molar-refractivity contribution in [1.29, 1.82) is 0 Å². The monoisotopic (exact) mass is 365 g/mol. The van der Waals surface area contributed by atoms with Gasteiger partial charge in [-0.25, -0.2) is 4.98 Å². The quantitative estimate of drug-likeness (QED) is 0.649. The van der Waals surface area contributed by atoms with Gasteiger partial charge in [-0.15, -0.1) is 0 Å². The molecule has 5 nitrogen and oxygen atoms in total. The summed E-state index contributed by atoms with van der Waals surface area (Å²) >= 11 is 0. The van der Waals surface area contributed by atoms with Crippen molar-refractivity contribution in [2.75, 3.05) is 0 Å². The lowest BCUT2D eigenvalue weighted by atomic mass is 9.95. The number of hydrogen-bond acceptors (Lipinski definition) is 4. The summed E-state index contributed by atoms with van der Waals surface area (Å²) in [5, 5.41) is 7.80. The van der Waals surface area contributed by atoms with Crippen molar-refractivity contribution < 1.29 is 9.32 Å². The minimum atomic E-state index is -0.130. The van der Waals surface area contributed by atoms with E-state index in [9.17, 15) is 4.79 Å². The zero-order chi connectivity index (χ0) is 19.6. The van der Waals surface area contributed by atoms with Crippen LogP contribution < -0.4 is 5.32 Å². The summed E-state index contributed by atoms with van der Waals surface area (Å²) in [7, 11) is 0. The number of amides is 1. The normalized spacial score (nSPS) is 13.5. The summed E-state index contributed by atoms with van der Waals surface area (Å²) in [4.78, 5) is 17.3. The molecule has 5 heteroatoms. The van der Waals surface area contributed by atoms with Crippen LogP contribution in [0, 0.1) is 13.8 Å². The summed E-state index contributed by atoms with van der Waals surface area (Å²) in [5.41, 5.74) is 4.81. The zero-order valence-electron chi connectivity index (χ0n) is 16.7. The summed E-state index contributed by atoms with van der Waals surface area (Å²) in [5.74, 6) is 0.410. The number of nitrogens with zero attached hydrogens (tertiary/aromatic N) is 2. The van der Waals surface area contributed by atoms with E-state index < -0.39 is 0 Å². The van der Waals surface area contributed by atoms with Gasteiger partial charge >= 0.3 is 0 Å². The Kier molecular flexibility index (Phi) is 5.59. The second kappa shape index (κ2) is 7.91. The van der Waals surface area contributed by atoms with E-state index in [-0.39, 0.29) is 11.9 Å². The SMILES string of the molecule is CCC(C)c1ccc(C(CC)NC(=O)c2cc(C)nc3onc(C)c23)cc1. The van der Waals surface area contributed by atoms with Crippen molar-refractivity contribution in [3.05, 3.63) is 58.4 Å². The molecule has 0 spiro atoms. The minimum Gasteiger partial charge on any atom is -0.345 e. The largest absolute Gasteiger partial charge is 0.345 e. The van der Waals surface area contributed by atoms with Crippen LogP contribution in [-0.2, 0) is 0 Å². The first kappa shape index (κ1) is 19.1. The highest BCUT2D eigenvalue weighted by atomic mass is 16.5. The van der Waals surface area contributed by atoms with Crippen LogP contribution in [0.1, 0.15) is 78.4 Å². The molecule has 1 aromatic carbocycles. The highest BCUT2D eigenvalue weighted by Crippen LogP contribution is 2.25. The van der Waals surface area contributed by atoms with Crippen molar-refractivity contribution in [3.63, 3.8) is 0 Å². The van der Waals surface area contributed by atoms with E-state index in [1.807, 2.05) is 13.8 Å². The maximum absolute atomic E-state index is 13.0. The number of nitrogens with one attached hydrogen (secondary N) is 1. The predicted octanol–water partition coefficient (Wildman–Crippen LogP) is 5.23. The molecule has 0 fully saturated rings. The topological polar surface area (TPSA) is 68.0 Å². The van der Waals surface area contributed by atoms with Gasteiger partial charge in [0.05, 0.1) is 22.7 Å². The molecule has 0 aliphatic carbocycles. The van der Waals surface area contributed by atoms with Gasteiger partial charge in [-0.3, -0.25) is 4.79 Å². The number of aromatic nitrogens is 2. The highest BCUT2D eigenvalue weighted by Gasteiger charge is 2.20. The first-order valence-corrected chi connectivity index (χ1v) is 9.58. The molecule has 1 N–H and O–H groups in total. The number of rotatable bonds is 6. The summed E-state index contributed by atoms with van der Waals surface area (Å²) < 4.78 is 5.24. The Balaban J connectivity index is 1.87. The molecule has 0 radical (unpaired) electrons. The van der Waals surface area contributed by atoms with Crippen LogP contribution in [0.25, 0.3) is 11.1 Å². The molecule has 0 saturated carbocycles.